The molecule has 2 aromatic heterocycles. The number of ether oxygens (including phenoxy) is 2. The number of methoxy groups -OCH3 is 1. The fourth-order valence-corrected chi connectivity index (χ4v) is 3.61. The molecular formula is C20H23ClN4O2S. The standard InChI is InChI=1S/C20H23ClN4O2S/c1-26-18-7-8-19(23-11-18)24-20-25(10-2-9-22)17(14-28-20)13-27-12-15-3-5-16(21)6-4-15/h3-8,11,14H,2,9-10,12-13,22H2,1H3/b24-20+. The zero-order valence-corrected chi connectivity index (χ0v) is 17.2. The van der Waals surface area contributed by atoms with Crippen LogP contribution in [0.5, 0.6) is 5.75 Å². The highest BCUT2D eigenvalue weighted by Gasteiger charge is 2.07. The van der Waals surface area contributed by atoms with Crippen molar-refractivity contribution in [1.82, 2.24) is 9.55 Å². The van der Waals surface area contributed by atoms with E-state index < -0.39 is 0 Å². The van der Waals surface area contributed by atoms with Gasteiger partial charge in [-0.3, -0.25) is 0 Å². The van der Waals surface area contributed by atoms with Crippen LogP contribution in [0.2, 0.25) is 5.02 Å². The molecule has 0 saturated heterocycles. The molecule has 0 bridgehead atoms. The largest absolute Gasteiger partial charge is 0.495 e. The van der Waals surface area contributed by atoms with Gasteiger partial charge >= 0.3 is 0 Å². The average Bonchev–Trinajstić information content (AvgIpc) is 3.09. The second-order valence-electron chi connectivity index (χ2n) is 6.09. The molecule has 0 saturated carbocycles. The van der Waals surface area contributed by atoms with Gasteiger partial charge in [0.1, 0.15) is 5.75 Å². The van der Waals surface area contributed by atoms with Crippen molar-refractivity contribution in [2.24, 2.45) is 10.7 Å². The Morgan fingerprint density at radius 3 is 2.68 bits per heavy atom. The zero-order chi connectivity index (χ0) is 19.8. The third kappa shape index (κ3) is 5.65. The summed E-state index contributed by atoms with van der Waals surface area (Å²) >= 11 is 7.49. The van der Waals surface area contributed by atoms with Gasteiger partial charge < -0.3 is 19.8 Å². The van der Waals surface area contributed by atoms with Crippen LogP contribution in [0.25, 0.3) is 0 Å². The van der Waals surface area contributed by atoms with E-state index in [1.165, 1.54) is 0 Å². The SMILES string of the molecule is COc1ccc(/N=c2/scc(COCc3ccc(Cl)cc3)n2CCCN)nc1. The summed E-state index contributed by atoms with van der Waals surface area (Å²) in [4.78, 5) is 9.86. The van der Waals surface area contributed by atoms with E-state index in [1.807, 2.05) is 36.4 Å². The van der Waals surface area contributed by atoms with Crippen molar-refractivity contribution >= 4 is 28.8 Å². The lowest BCUT2D eigenvalue weighted by Crippen LogP contribution is -2.20. The molecule has 1 aromatic carbocycles. The van der Waals surface area contributed by atoms with Crippen LogP contribution in [0.4, 0.5) is 5.82 Å². The van der Waals surface area contributed by atoms with Crippen LogP contribution in [0.15, 0.2) is 53.0 Å². The minimum Gasteiger partial charge on any atom is -0.495 e. The van der Waals surface area contributed by atoms with Crippen LogP contribution in [0.1, 0.15) is 17.7 Å². The Morgan fingerprint density at radius 2 is 2.00 bits per heavy atom. The van der Waals surface area contributed by atoms with E-state index in [4.69, 9.17) is 26.8 Å². The van der Waals surface area contributed by atoms with Gasteiger partial charge in [0.15, 0.2) is 10.6 Å². The summed E-state index contributed by atoms with van der Waals surface area (Å²) in [7, 11) is 1.62. The predicted octanol–water partition coefficient (Wildman–Crippen LogP) is 3.90. The van der Waals surface area contributed by atoms with Gasteiger partial charge in [0.25, 0.3) is 0 Å². The van der Waals surface area contributed by atoms with Gasteiger partial charge in [0, 0.05) is 16.9 Å². The molecule has 3 aromatic rings. The highest BCUT2D eigenvalue weighted by Crippen LogP contribution is 2.15. The van der Waals surface area contributed by atoms with E-state index in [0.717, 1.165) is 34.0 Å². The van der Waals surface area contributed by atoms with Crippen LogP contribution >= 0.6 is 22.9 Å². The molecule has 0 aliphatic rings. The summed E-state index contributed by atoms with van der Waals surface area (Å²) < 4.78 is 13.2. The molecule has 2 N–H and O–H groups in total. The minimum absolute atomic E-state index is 0.495. The molecule has 148 valence electrons. The topological polar surface area (TPSA) is 74.7 Å². The quantitative estimate of drug-likeness (QED) is 0.571. The molecule has 0 fully saturated rings. The number of nitrogens with two attached hydrogens (primary N) is 1. The highest BCUT2D eigenvalue weighted by atomic mass is 35.5. The summed E-state index contributed by atoms with van der Waals surface area (Å²) in [6.07, 6.45) is 2.52. The Balaban J connectivity index is 1.75. The molecule has 2 heterocycles. The molecule has 0 aliphatic carbocycles. The second-order valence-corrected chi connectivity index (χ2v) is 7.36. The zero-order valence-electron chi connectivity index (χ0n) is 15.7. The summed E-state index contributed by atoms with van der Waals surface area (Å²) in [6.45, 7) is 2.43. The molecule has 0 radical (unpaired) electrons. The van der Waals surface area contributed by atoms with Crippen molar-refractivity contribution in [3.8, 4) is 5.75 Å². The maximum absolute atomic E-state index is 5.92. The second kappa shape index (κ2) is 10.4. The number of hydrogen-bond acceptors (Lipinski definition) is 6. The van der Waals surface area contributed by atoms with Crippen LogP contribution in [0, 0.1) is 0 Å². The van der Waals surface area contributed by atoms with Gasteiger partial charge in [-0.25, -0.2) is 9.98 Å². The fourth-order valence-electron chi connectivity index (χ4n) is 2.57. The number of halogens is 1. The summed E-state index contributed by atoms with van der Waals surface area (Å²) in [6, 6.07) is 11.3. The van der Waals surface area contributed by atoms with Crippen molar-refractivity contribution in [3.05, 3.63) is 69.1 Å². The molecule has 3 rings (SSSR count). The number of rotatable bonds is 9. The normalized spacial score (nSPS) is 11.8. The number of aromatic nitrogens is 2. The maximum atomic E-state index is 5.92. The first-order valence-corrected chi connectivity index (χ1v) is 10.2. The first-order valence-electron chi connectivity index (χ1n) is 8.94. The number of thiazole rings is 1. The molecule has 0 aliphatic heterocycles. The van der Waals surface area contributed by atoms with Crippen molar-refractivity contribution < 1.29 is 9.47 Å². The maximum Gasteiger partial charge on any atom is 0.191 e. The first kappa shape index (κ1) is 20.5. The Labute approximate surface area is 173 Å². The molecule has 28 heavy (non-hydrogen) atoms. The molecule has 8 heteroatoms. The van der Waals surface area contributed by atoms with Crippen LogP contribution < -0.4 is 15.3 Å². The number of nitrogens with zero attached hydrogens (tertiary/aromatic N) is 3. The lowest BCUT2D eigenvalue weighted by atomic mass is 10.2. The van der Waals surface area contributed by atoms with Gasteiger partial charge in [-0.1, -0.05) is 23.7 Å². The van der Waals surface area contributed by atoms with E-state index in [-0.39, 0.29) is 0 Å². The summed E-state index contributed by atoms with van der Waals surface area (Å²) in [5.41, 5.74) is 7.86. The van der Waals surface area contributed by atoms with E-state index in [1.54, 1.807) is 24.6 Å². The van der Waals surface area contributed by atoms with Gasteiger partial charge in [-0.15, -0.1) is 11.3 Å². The lowest BCUT2D eigenvalue weighted by Gasteiger charge is -2.09. The molecule has 6 nitrogen and oxygen atoms in total. The van der Waals surface area contributed by atoms with Gasteiger partial charge in [0.05, 0.1) is 32.2 Å². The van der Waals surface area contributed by atoms with Crippen LogP contribution in [-0.2, 0) is 24.5 Å². The third-order valence-electron chi connectivity index (χ3n) is 4.06. The van der Waals surface area contributed by atoms with E-state index >= 15 is 0 Å². The average molecular weight is 419 g/mol. The van der Waals surface area contributed by atoms with Crippen molar-refractivity contribution in [2.75, 3.05) is 13.7 Å². The Bertz CT molecular complexity index is 936. The molecule has 0 unspecified atom stereocenters. The molecule has 0 amide bonds. The number of hydrogen-bond donors (Lipinski definition) is 1. The summed E-state index contributed by atoms with van der Waals surface area (Å²) in [5, 5.41) is 2.79. The smallest absolute Gasteiger partial charge is 0.191 e. The molecule has 0 spiro atoms. The molecule has 0 atom stereocenters. The van der Waals surface area contributed by atoms with Gasteiger partial charge in [-0.2, -0.15) is 0 Å². The van der Waals surface area contributed by atoms with E-state index in [9.17, 15) is 0 Å². The fraction of sp³-hybridized carbons (Fsp3) is 0.300. The molecular weight excluding hydrogens is 396 g/mol. The third-order valence-corrected chi connectivity index (χ3v) is 5.23. The Kier molecular flexibility index (Phi) is 7.62. The van der Waals surface area contributed by atoms with Crippen LogP contribution in [-0.4, -0.2) is 23.2 Å². The number of benzene rings is 1. The predicted molar refractivity (Wildman–Crippen MR) is 112 cm³/mol. The van der Waals surface area contributed by atoms with Crippen molar-refractivity contribution in [1.29, 1.82) is 0 Å². The lowest BCUT2D eigenvalue weighted by molar-refractivity contribution is 0.102. The van der Waals surface area contributed by atoms with Crippen LogP contribution in [0.3, 0.4) is 0 Å². The van der Waals surface area contributed by atoms with Crippen molar-refractivity contribution in [2.45, 2.75) is 26.2 Å². The minimum atomic E-state index is 0.495. The van der Waals surface area contributed by atoms with E-state index in [2.05, 4.69) is 19.9 Å². The first-order chi connectivity index (χ1) is 13.7. The van der Waals surface area contributed by atoms with Crippen molar-refractivity contribution in [3.63, 3.8) is 0 Å². The highest BCUT2D eigenvalue weighted by molar-refractivity contribution is 7.07. The Hall–Kier alpha value is -2.19. The van der Waals surface area contributed by atoms with Gasteiger partial charge in [-0.05, 0) is 42.8 Å². The Morgan fingerprint density at radius 1 is 1.18 bits per heavy atom. The summed E-state index contributed by atoms with van der Waals surface area (Å²) in [5.74, 6) is 1.34. The number of pyridine rings is 1. The monoisotopic (exact) mass is 418 g/mol. The van der Waals surface area contributed by atoms with E-state index in [0.29, 0.717) is 31.3 Å². The van der Waals surface area contributed by atoms with Gasteiger partial charge in [0.2, 0.25) is 0 Å².